The third kappa shape index (κ3) is 7.26. The van der Waals surface area contributed by atoms with Gasteiger partial charge in [0, 0.05) is 5.41 Å². The average molecular weight is 208 g/mol. The van der Waals surface area contributed by atoms with Gasteiger partial charge >= 0.3 is 0 Å². The van der Waals surface area contributed by atoms with Crippen LogP contribution >= 0.6 is 0 Å². The summed E-state index contributed by atoms with van der Waals surface area (Å²) in [5.41, 5.74) is -0.667. The van der Waals surface area contributed by atoms with Crippen LogP contribution in [0.2, 0.25) is 0 Å². The van der Waals surface area contributed by atoms with E-state index >= 15 is 0 Å². The van der Waals surface area contributed by atoms with Gasteiger partial charge in [-0.3, -0.25) is 0 Å². The second-order valence-corrected chi connectivity index (χ2v) is 3.59. The Kier molecular flexibility index (Phi) is 10.9. The molecule has 0 spiro atoms. The standard InChI is InChI=1S/C6H14O3.C4H10O/c1-2-6(3-7,4-8)5-9;1-3-4(2)5/h7-9H,2-5H2,1H3;4-5H,3H2,1-2H3. The van der Waals surface area contributed by atoms with E-state index in [1.807, 2.05) is 13.8 Å². The van der Waals surface area contributed by atoms with E-state index in [9.17, 15) is 0 Å². The van der Waals surface area contributed by atoms with Crippen molar-refractivity contribution < 1.29 is 20.4 Å². The van der Waals surface area contributed by atoms with Crippen molar-refractivity contribution in [2.75, 3.05) is 19.8 Å². The monoisotopic (exact) mass is 208 g/mol. The van der Waals surface area contributed by atoms with Crippen molar-refractivity contribution in [2.24, 2.45) is 5.41 Å². The summed E-state index contributed by atoms with van der Waals surface area (Å²) in [4.78, 5) is 0. The molecule has 0 aromatic carbocycles. The molecule has 0 saturated carbocycles. The lowest BCUT2D eigenvalue weighted by molar-refractivity contribution is 0.00304. The molecule has 0 fully saturated rings. The fourth-order valence-electron chi connectivity index (χ4n) is 0.485. The van der Waals surface area contributed by atoms with E-state index in [2.05, 4.69) is 0 Å². The molecule has 0 saturated heterocycles. The molecule has 0 amide bonds. The second kappa shape index (κ2) is 9.40. The molecule has 0 aromatic rings. The lowest BCUT2D eigenvalue weighted by Crippen LogP contribution is -2.32. The molecule has 0 aliphatic carbocycles. The van der Waals surface area contributed by atoms with Gasteiger partial charge in [-0.15, -0.1) is 0 Å². The highest BCUT2D eigenvalue weighted by Gasteiger charge is 2.24. The third-order valence-electron chi connectivity index (χ3n) is 2.35. The molecule has 0 aliphatic rings. The summed E-state index contributed by atoms with van der Waals surface area (Å²) in [6.07, 6.45) is 1.34. The highest BCUT2D eigenvalue weighted by Crippen LogP contribution is 2.18. The van der Waals surface area contributed by atoms with Gasteiger partial charge in [-0.05, 0) is 19.8 Å². The Morgan fingerprint density at radius 2 is 1.29 bits per heavy atom. The lowest BCUT2D eigenvalue weighted by atomic mass is 9.88. The fraction of sp³-hybridized carbons (Fsp3) is 1.00. The van der Waals surface area contributed by atoms with Crippen LogP contribution in [0.25, 0.3) is 0 Å². The maximum Gasteiger partial charge on any atom is 0.0531 e. The molecule has 14 heavy (non-hydrogen) atoms. The van der Waals surface area contributed by atoms with Crippen LogP contribution in [0.3, 0.4) is 0 Å². The zero-order chi connectivity index (χ0) is 11.6. The van der Waals surface area contributed by atoms with Crippen LogP contribution in [-0.2, 0) is 0 Å². The number of aliphatic hydroxyl groups is 4. The van der Waals surface area contributed by atoms with Gasteiger partial charge in [-0.2, -0.15) is 0 Å². The predicted octanol–water partition coefficient (Wildman–Crippen LogP) is 0.137. The first-order valence-electron chi connectivity index (χ1n) is 5.02. The van der Waals surface area contributed by atoms with E-state index in [4.69, 9.17) is 20.4 Å². The molecule has 4 heteroatoms. The Morgan fingerprint density at radius 3 is 1.29 bits per heavy atom. The van der Waals surface area contributed by atoms with Gasteiger partial charge in [0.25, 0.3) is 0 Å². The minimum Gasteiger partial charge on any atom is -0.396 e. The molecule has 4 N–H and O–H groups in total. The van der Waals surface area contributed by atoms with Gasteiger partial charge < -0.3 is 20.4 Å². The molecule has 0 aromatic heterocycles. The van der Waals surface area contributed by atoms with E-state index < -0.39 is 5.41 Å². The number of hydrogen-bond acceptors (Lipinski definition) is 4. The van der Waals surface area contributed by atoms with Crippen LogP contribution in [-0.4, -0.2) is 46.4 Å². The van der Waals surface area contributed by atoms with Crippen LogP contribution in [0.4, 0.5) is 0 Å². The van der Waals surface area contributed by atoms with E-state index in [0.29, 0.717) is 6.42 Å². The predicted molar refractivity (Wildman–Crippen MR) is 56.0 cm³/mol. The zero-order valence-corrected chi connectivity index (χ0v) is 9.40. The summed E-state index contributed by atoms with van der Waals surface area (Å²) in [6, 6.07) is 0. The van der Waals surface area contributed by atoms with Crippen molar-refractivity contribution in [3.8, 4) is 0 Å². The largest absolute Gasteiger partial charge is 0.396 e. The van der Waals surface area contributed by atoms with E-state index in [1.54, 1.807) is 6.92 Å². The molecular weight excluding hydrogens is 184 g/mol. The van der Waals surface area contributed by atoms with Crippen LogP contribution in [0.1, 0.15) is 33.6 Å². The molecule has 0 bridgehead atoms. The van der Waals surface area contributed by atoms with E-state index in [1.165, 1.54) is 0 Å². The molecule has 88 valence electrons. The van der Waals surface area contributed by atoms with Crippen LogP contribution in [0.15, 0.2) is 0 Å². The lowest BCUT2D eigenvalue weighted by Gasteiger charge is -2.24. The summed E-state index contributed by atoms with van der Waals surface area (Å²) in [5.74, 6) is 0. The van der Waals surface area contributed by atoms with Crippen molar-refractivity contribution in [1.29, 1.82) is 0 Å². The van der Waals surface area contributed by atoms with Gasteiger partial charge in [0.15, 0.2) is 0 Å². The first kappa shape index (κ1) is 16.3. The van der Waals surface area contributed by atoms with E-state index in [0.717, 1.165) is 6.42 Å². The average Bonchev–Trinajstić information content (AvgIpc) is 2.23. The summed E-state index contributed by atoms with van der Waals surface area (Å²) in [6.45, 7) is 5.08. The molecule has 0 radical (unpaired) electrons. The molecule has 1 atom stereocenters. The Balaban J connectivity index is 0. The maximum absolute atomic E-state index is 8.66. The topological polar surface area (TPSA) is 80.9 Å². The van der Waals surface area contributed by atoms with Crippen LogP contribution in [0.5, 0.6) is 0 Å². The van der Waals surface area contributed by atoms with Gasteiger partial charge in [-0.1, -0.05) is 13.8 Å². The first-order chi connectivity index (χ1) is 6.51. The van der Waals surface area contributed by atoms with Crippen molar-refractivity contribution in [3.05, 3.63) is 0 Å². The van der Waals surface area contributed by atoms with Gasteiger partial charge in [0.05, 0.1) is 25.9 Å². The first-order valence-corrected chi connectivity index (χ1v) is 5.02. The summed E-state index contributed by atoms with van der Waals surface area (Å²) in [5, 5.41) is 34.3. The highest BCUT2D eigenvalue weighted by atomic mass is 16.3. The Labute approximate surface area is 86.2 Å². The third-order valence-corrected chi connectivity index (χ3v) is 2.35. The van der Waals surface area contributed by atoms with Gasteiger partial charge in [0.2, 0.25) is 0 Å². The highest BCUT2D eigenvalue weighted by molar-refractivity contribution is 4.74. The van der Waals surface area contributed by atoms with Gasteiger partial charge in [0.1, 0.15) is 0 Å². The maximum atomic E-state index is 8.66. The van der Waals surface area contributed by atoms with Crippen molar-refractivity contribution in [3.63, 3.8) is 0 Å². The van der Waals surface area contributed by atoms with Crippen LogP contribution < -0.4 is 0 Å². The zero-order valence-electron chi connectivity index (χ0n) is 9.40. The SMILES string of the molecule is CCC(C)O.CCC(CO)(CO)CO. The molecule has 0 heterocycles. The summed E-state index contributed by atoms with van der Waals surface area (Å²) in [7, 11) is 0. The molecule has 4 nitrogen and oxygen atoms in total. The van der Waals surface area contributed by atoms with Crippen molar-refractivity contribution >= 4 is 0 Å². The molecule has 1 unspecified atom stereocenters. The quantitative estimate of drug-likeness (QED) is 0.518. The molecule has 0 aliphatic heterocycles. The Morgan fingerprint density at radius 1 is 1.00 bits per heavy atom. The summed E-state index contributed by atoms with van der Waals surface area (Å²) < 4.78 is 0. The van der Waals surface area contributed by atoms with Crippen molar-refractivity contribution in [2.45, 2.75) is 39.7 Å². The minimum atomic E-state index is -0.667. The minimum absolute atomic E-state index is 0.116. The summed E-state index contributed by atoms with van der Waals surface area (Å²) >= 11 is 0. The van der Waals surface area contributed by atoms with Crippen LogP contribution in [0, 0.1) is 5.41 Å². The smallest absolute Gasteiger partial charge is 0.0531 e. The molecule has 0 rings (SSSR count). The number of rotatable bonds is 5. The fourth-order valence-corrected chi connectivity index (χ4v) is 0.485. The normalized spacial score (nSPS) is 13.1. The Bertz CT molecular complexity index is 93.2. The van der Waals surface area contributed by atoms with Crippen molar-refractivity contribution in [1.82, 2.24) is 0 Å². The van der Waals surface area contributed by atoms with Gasteiger partial charge in [-0.25, -0.2) is 0 Å². The Hall–Kier alpha value is -0.160. The molecular formula is C10H24O4. The van der Waals surface area contributed by atoms with E-state index in [-0.39, 0.29) is 25.9 Å². The number of hydrogen-bond donors (Lipinski definition) is 4. The number of aliphatic hydroxyl groups excluding tert-OH is 4. The second-order valence-electron chi connectivity index (χ2n) is 3.59.